The van der Waals surface area contributed by atoms with E-state index in [-0.39, 0.29) is 5.90 Å². The fourth-order valence-corrected chi connectivity index (χ4v) is 1.19. The van der Waals surface area contributed by atoms with Gasteiger partial charge in [0.1, 0.15) is 0 Å². The molecular weight excluding hydrogens is 182 g/mol. The summed E-state index contributed by atoms with van der Waals surface area (Å²) in [5.74, 6) is 1.43. The van der Waals surface area contributed by atoms with Crippen LogP contribution in [-0.4, -0.2) is 12.5 Å². The maximum atomic E-state index is 7.56. The molecule has 0 aromatic heterocycles. The Labute approximate surface area is 81.9 Å². The van der Waals surface area contributed by atoms with Gasteiger partial charge in [0.15, 0.2) is 11.5 Å². The van der Waals surface area contributed by atoms with Gasteiger partial charge in [0.2, 0.25) is 5.90 Å². The van der Waals surface area contributed by atoms with Crippen LogP contribution in [0.5, 0.6) is 11.5 Å². The third-order valence-electron chi connectivity index (χ3n) is 1.84. The molecule has 2 rings (SSSR count). The zero-order chi connectivity index (χ0) is 9.97. The maximum absolute atomic E-state index is 7.56. The van der Waals surface area contributed by atoms with Crippen molar-refractivity contribution >= 4 is 5.90 Å². The van der Waals surface area contributed by atoms with Gasteiger partial charge in [0.05, 0.1) is 6.61 Å². The maximum Gasteiger partial charge on any atom is 0.316 e. The van der Waals surface area contributed by atoms with Gasteiger partial charge < -0.3 is 14.2 Å². The largest absolute Gasteiger partial charge is 0.478 e. The molecule has 4 nitrogen and oxygen atoms in total. The number of rotatable bonds is 2. The lowest BCUT2D eigenvalue weighted by Crippen LogP contribution is -2.04. The Balaban J connectivity index is 2.24. The van der Waals surface area contributed by atoms with Gasteiger partial charge in [-0.25, -0.2) is 0 Å². The summed E-state index contributed by atoms with van der Waals surface area (Å²) in [6.45, 7) is 3.59. The average molecular weight is 192 g/mol. The number of ether oxygens (including phenoxy) is 3. The van der Waals surface area contributed by atoms with Crippen LogP contribution in [0, 0.1) is 12.2 Å². The van der Waals surface area contributed by atoms with E-state index in [0.717, 1.165) is 0 Å². The second-order valence-electron chi connectivity index (χ2n) is 2.76. The fraction of sp³-hybridized carbons (Fsp3) is 0.200. The molecule has 0 amide bonds. The van der Waals surface area contributed by atoms with Crippen molar-refractivity contribution in [2.45, 2.75) is 6.92 Å². The van der Waals surface area contributed by atoms with E-state index in [1.165, 1.54) is 6.79 Å². The van der Waals surface area contributed by atoms with Crippen molar-refractivity contribution in [1.82, 2.24) is 0 Å². The summed E-state index contributed by atoms with van der Waals surface area (Å²) in [5.41, 5.74) is 0.685. The van der Waals surface area contributed by atoms with Crippen molar-refractivity contribution in [3.63, 3.8) is 0 Å². The molecule has 1 aromatic rings. The Kier molecular flexibility index (Phi) is 2.26. The molecule has 4 heteroatoms. The van der Waals surface area contributed by atoms with Gasteiger partial charge in [-0.1, -0.05) is 0 Å². The lowest BCUT2D eigenvalue weighted by molar-refractivity contribution is 0.270. The SMILES string of the molecule is CCOC(=N)c1ccc2c(c1)O[CH]O2. The van der Waals surface area contributed by atoms with Crippen LogP contribution >= 0.6 is 0 Å². The molecule has 0 fully saturated rings. The molecule has 1 N–H and O–H groups in total. The summed E-state index contributed by atoms with van der Waals surface area (Å²) >= 11 is 0. The van der Waals surface area contributed by atoms with Crippen LogP contribution < -0.4 is 9.47 Å². The predicted octanol–water partition coefficient (Wildman–Crippen LogP) is 1.94. The first-order chi connectivity index (χ1) is 6.81. The molecule has 0 saturated carbocycles. The van der Waals surface area contributed by atoms with E-state index in [4.69, 9.17) is 19.6 Å². The molecule has 0 aliphatic carbocycles. The van der Waals surface area contributed by atoms with Crippen LogP contribution in [0.2, 0.25) is 0 Å². The van der Waals surface area contributed by atoms with Crippen LogP contribution in [0.25, 0.3) is 0 Å². The van der Waals surface area contributed by atoms with E-state index < -0.39 is 0 Å². The number of hydrogen-bond donors (Lipinski definition) is 1. The highest BCUT2D eigenvalue weighted by Crippen LogP contribution is 2.34. The zero-order valence-electron chi connectivity index (χ0n) is 7.74. The summed E-state index contributed by atoms with van der Waals surface area (Å²) in [6.07, 6.45) is 0. The van der Waals surface area contributed by atoms with Gasteiger partial charge in [-0.2, -0.15) is 0 Å². The van der Waals surface area contributed by atoms with Crippen molar-refractivity contribution < 1.29 is 14.2 Å². The lowest BCUT2D eigenvalue weighted by atomic mass is 10.2. The number of benzene rings is 1. The molecule has 0 atom stereocenters. The minimum Gasteiger partial charge on any atom is -0.478 e. The highest BCUT2D eigenvalue weighted by Gasteiger charge is 2.15. The summed E-state index contributed by atoms with van der Waals surface area (Å²) in [5, 5.41) is 7.56. The van der Waals surface area contributed by atoms with Crippen LogP contribution in [0.1, 0.15) is 12.5 Å². The fourth-order valence-electron chi connectivity index (χ4n) is 1.19. The van der Waals surface area contributed by atoms with Gasteiger partial charge in [0.25, 0.3) is 0 Å². The van der Waals surface area contributed by atoms with Crippen LogP contribution in [-0.2, 0) is 4.74 Å². The van der Waals surface area contributed by atoms with E-state index >= 15 is 0 Å². The molecule has 14 heavy (non-hydrogen) atoms. The summed E-state index contributed by atoms with van der Waals surface area (Å²) in [6, 6.07) is 5.23. The van der Waals surface area contributed by atoms with Crippen molar-refractivity contribution in [2.75, 3.05) is 6.61 Å². The Hall–Kier alpha value is -1.71. The Morgan fingerprint density at radius 1 is 1.36 bits per heavy atom. The van der Waals surface area contributed by atoms with Crippen molar-refractivity contribution in [3.8, 4) is 11.5 Å². The third-order valence-corrected chi connectivity index (χ3v) is 1.84. The molecule has 0 spiro atoms. The minimum absolute atomic E-state index is 0.144. The molecule has 73 valence electrons. The molecule has 0 saturated heterocycles. The highest BCUT2D eigenvalue weighted by molar-refractivity contribution is 5.92. The van der Waals surface area contributed by atoms with Gasteiger partial charge in [-0.15, -0.1) is 0 Å². The number of nitrogens with one attached hydrogen (secondary N) is 1. The van der Waals surface area contributed by atoms with Crippen LogP contribution in [0.3, 0.4) is 0 Å². The second-order valence-corrected chi connectivity index (χ2v) is 2.76. The smallest absolute Gasteiger partial charge is 0.316 e. The molecule has 1 heterocycles. The predicted molar refractivity (Wildman–Crippen MR) is 50.5 cm³/mol. The molecule has 1 aliphatic rings. The van der Waals surface area contributed by atoms with E-state index in [9.17, 15) is 0 Å². The van der Waals surface area contributed by atoms with Gasteiger partial charge in [0, 0.05) is 5.56 Å². The van der Waals surface area contributed by atoms with Crippen LogP contribution in [0.15, 0.2) is 18.2 Å². The van der Waals surface area contributed by atoms with Gasteiger partial charge in [-0.3, -0.25) is 5.41 Å². The highest BCUT2D eigenvalue weighted by atomic mass is 16.7. The Bertz CT molecular complexity index is 362. The van der Waals surface area contributed by atoms with E-state index in [1.807, 2.05) is 6.92 Å². The quantitative estimate of drug-likeness (QED) is 0.575. The van der Waals surface area contributed by atoms with E-state index in [1.54, 1.807) is 18.2 Å². The van der Waals surface area contributed by atoms with Crippen LogP contribution in [0.4, 0.5) is 0 Å². The molecule has 0 unspecified atom stereocenters. The number of hydrogen-bond acceptors (Lipinski definition) is 4. The second kappa shape index (κ2) is 3.57. The first kappa shape index (κ1) is 8.87. The van der Waals surface area contributed by atoms with Crippen molar-refractivity contribution in [3.05, 3.63) is 30.6 Å². The zero-order valence-corrected chi connectivity index (χ0v) is 7.74. The first-order valence-electron chi connectivity index (χ1n) is 4.32. The van der Waals surface area contributed by atoms with Crippen molar-refractivity contribution in [1.29, 1.82) is 5.41 Å². The standard InChI is InChI=1S/C10H10NO3/c1-2-12-10(11)7-3-4-8-9(5-7)14-6-13-8/h3-6,11H,2H2,1H3. The van der Waals surface area contributed by atoms with Gasteiger partial charge >= 0.3 is 6.79 Å². The van der Waals surface area contributed by atoms with E-state index in [2.05, 4.69) is 0 Å². The average Bonchev–Trinajstić information content (AvgIpc) is 2.64. The molecule has 1 aliphatic heterocycles. The topological polar surface area (TPSA) is 51.5 Å². The summed E-state index contributed by atoms with van der Waals surface area (Å²) in [7, 11) is 0. The first-order valence-corrected chi connectivity index (χ1v) is 4.32. The molecular formula is C10H10NO3. The molecule has 1 radical (unpaired) electrons. The molecule has 0 bridgehead atoms. The summed E-state index contributed by atoms with van der Waals surface area (Å²) in [4.78, 5) is 0. The number of fused-ring (bicyclic) bond motifs is 1. The monoisotopic (exact) mass is 192 g/mol. The van der Waals surface area contributed by atoms with E-state index in [0.29, 0.717) is 23.7 Å². The minimum atomic E-state index is 0.144. The third kappa shape index (κ3) is 1.51. The summed E-state index contributed by atoms with van der Waals surface area (Å²) < 4.78 is 15.2. The Morgan fingerprint density at radius 2 is 2.14 bits per heavy atom. The normalized spacial score (nSPS) is 12.6. The molecule has 1 aromatic carbocycles. The Morgan fingerprint density at radius 3 is 2.93 bits per heavy atom. The van der Waals surface area contributed by atoms with Gasteiger partial charge in [-0.05, 0) is 25.1 Å². The van der Waals surface area contributed by atoms with Crippen molar-refractivity contribution in [2.24, 2.45) is 0 Å². The lowest BCUT2D eigenvalue weighted by Gasteiger charge is -2.05.